The summed E-state index contributed by atoms with van der Waals surface area (Å²) in [7, 11) is 4.31. The molecular weight excluding hydrogens is 178 g/mol. The average Bonchev–Trinajstić information content (AvgIpc) is 2.08. The van der Waals surface area contributed by atoms with Crippen LogP contribution in [0.15, 0.2) is 0 Å². The lowest BCUT2D eigenvalue weighted by Gasteiger charge is -2.05. The minimum absolute atomic E-state index is 0.881. The Morgan fingerprint density at radius 3 is 1.45 bits per heavy atom. The fourth-order valence-corrected chi connectivity index (χ4v) is 0.866. The van der Waals surface area contributed by atoms with Crippen LogP contribution in [-0.2, 0) is 13.3 Å². The van der Waals surface area contributed by atoms with Crippen LogP contribution in [0.4, 0.5) is 0 Å². The van der Waals surface area contributed by atoms with Crippen LogP contribution in [0.1, 0.15) is 0 Å². The minimum Gasteiger partial charge on any atom is -0.379 e. The molecule has 2 N–H and O–H groups in total. The zero-order valence-electron chi connectivity index (χ0n) is 7.79. The highest BCUT2D eigenvalue weighted by molar-refractivity contribution is 6.36. The molecule has 0 saturated heterocycles. The molecule has 0 aliphatic carbocycles. The number of hydrogen-bond donors (Lipinski definition) is 1. The average molecular weight is 197 g/mol. The van der Waals surface area contributed by atoms with Crippen LogP contribution < -0.4 is 5.73 Å². The molecule has 0 aromatic carbocycles. The third-order valence-electron chi connectivity index (χ3n) is 0.866. The van der Waals surface area contributed by atoms with E-state index >= 15 is 0 Å². The number of rotatable bonds is 4. The van der Waals surface area contributed by atoms with E-state index in [0.717, 1.165) is 6.54 Å². The molecule has 0 bridgehead atoms. The molecule has 0 unspecified atom stereocenters. The van der Waals surface area contributed by atoms with Gasteiger partial charge in [0.15, 0.2) is 0 Å². The third kappa shape index (κ3) is 13.3. The van der Waals surface area contributed by atoms with E-state index in [4.69, 9.17) is 19.0 Å². The fraction of sp³-hybridized carbons (Fsp3) is 1.00. The van der Waals surface area contributed by atoms with Crippen LogP contribution in [0.2, 0.25) is 6.04 Å². The Hall–Kier alpha value is 0.274. The Balaban J connectivity index is 0. The first-order valence-electron chi connectivity index (χ1n) is 3.55. The van der Waals surface area contributed by atoms with Gasteiger partial charge in [0.1, 0.15) is 0 Å². The predicted octanol–water partition coefficient (Wildman–Crippen LogP) is -1.63. The largest absolute Gasteiger partial charge is 0.483 e. The van der Waals surface area contributed by atoms with Gasteiger partial charge in [0.2, 0.25) is 0 Å². The van der Waals surface area contributed by atoms with E-state index in [9.17, 15) is 0 Å². The molecule has 0 aliphatic heterocycles. The molecule has 11 heavy (non-hydrogen) atoms. The maximum absolute atomic E-state index is 5.06. The third-order valence-corrected chi connectivity index (χ3v) is 2.60. The monoisotopic (exact) mass is 197 g/mol. The summed E-state index contributed by atoms with van der Waals surface area (Å²) in [5, 5.41) is 0. The highest BCUT2D eigenvalue weighted by Crippen LogP contribution is 1.81. The van der Waals surface area contributed by atoms with Gasteiger partial charge in [0.25, 0.3) is 0 Å². The van der Waals surface area contributed by atoms with Crippen molar-refractivity contribution in [3.8, 4) is 0 Å². The molecule has 70 valence electrons. The predicted molar refractivity (Wildman–Crippen MR) is 52.0 cm³/mol. The molecule has 0 aromatic heterocycles. The Bertz CT molecular complexity index is 56.2. The lowest BCUT2D eigenvalue weighted by Crippen LogP contribution is -2.21. The zero-order valence-corrected chi connectivity index (χ0v) is 10.9. The first kappa shape index (κ1) is 13.8. The second kappa shape index (κ2) is 12.9. The van der Waals surface area contributed by atoms with Gasteiger partial charge in [-0.15, -0.1) is 0 Å². The van der Waals surface area contributed by atoms with Crippen LogP contribution in [-0.4, -0.2) is 47.6 Å². The molecule has 0 atom stereocenters. The first-order chi connectivity index (χ1) is 5.26. The van der Waals surface area contributed by atoms with Gasteiger partial charge >= 0.3 is 9.53 Å². The summed E-state index contributed by atoms with van der Waals surface area (Å²) < 4.78 is 14.2. The van der Waals surface area contributed by atoms with Crippen molar-refractivity contribution in [2.45, 2.75) is 6.04 Å². The smallest absolute Gasteiger partial charge is 0.379 e. The van der Waals surface area contributed by atoms with Crippen molar-refractivity contribution in [2.24, 2.45) is 5.73 Å². The van der Waals surface area contributed by atoms with E-state index in [1.807, 2.05) is 0 Å². The van der Waals surface area contributed by atoms with E-state index < -0.39 is 9.53 Å². The van der Waals surface area contributed by atoms with E-state index in [0.29, 0.717) is 0 Å². The van der Waals surface area contributed by atoms with E-state index in [2.05, 4.69) is 0 Å². The van der Waals surface area contributed by atoms with Gasteiger partial charge in [0, 0.05) is 31.6 Å². The molecule has 6 heteroatoms. The van der Waals surface area contributed by atoms with Gasteiger partial charge in [-0.3, -0.25) is 0 Å². The van der Waals surface area contributed by atoms with Gasteiger partial charge in [-0.2, -0.15) is 0 Å². The van der Waals surface area contributed by atoms with Crippen LogP contribution in [0.5, 0.6) is 0 Å². The first-order valence-corrected chi connectivity index (χ1v) is 6.38. The summed E-state index contributed by atoms with van der Waals surface area (Å²) in [5.74, 6) is 0. The Labute approximate surface area is 73.4 Å². The summed E-state index contributed by atoms with van der Waals surface area (Å²) in [6, 6.07) is 1.24. The SMILES string of the molecule is CO[SiH](OC)OC.NCC[SiH3]. The van der Waals surface area contributed by atoms with Crippen LogP contribution >= 0.6 is 0 Å². The van der Waals surface area contributed by atoms with Crippen molar-refractivity contribution in [1.29, 1.82) is 0 Å². The molecule has 0 aromatic rings. The van der Waals surface area contributed by atoms with Gasteiger partial charge in [0.05, 0.1) is 0 Å². The highest BCUT2D eigenvalue weighted by atomic mass is 28.3. The standard InChI is InChI=1S/C3H10O3Si.C2H9NSi/c1-4-7(5-2)6-3;3-1-2-4/h7H,1-3H3;1-3H2,4H3. The minimum atomic E-state index is -1.67. The van der Waals surface area contributed by atoms with Crippen molar-refractivity contribution >= 4 is 19.8 Å². The van der Waals surface area contributed by atoms with Crippen LogP contribution in [0, 0.1) is 0 Å². The summed E-state index contributed by atoms with van der Waals surface area (Å²) in [6.45, 7) is 0.881. The maximum Gasteiger partial charge on any atom is 0.483 e. The van der Waals surface area contributed by atoms with Crippen molar-refractivity contribution in [3.05, 3.63) is 0 Å². The second-order valence-electron chi connectivity index (χ2n) is 1.78. The molecule has 0 radical (unpaired) electrons. The highest BCUT2D eigenvalue weighted by Gasteiger charge is 2.04. The fourth-order valence-electron chi connectivity index (χ4n) is 0.289. The van der Waals surface area contributed by atoms with Gasteiger partial charge in [-0.1, -0.05) is 6.04 Å². The van der Waals surface area contributed by atoms with Gasteiger partial charge in [-0.05, 0) is 6.54 Å². The zero-order chi connectivity index (χ0) is 9.11. The van der Waals surface area contributed by atoms with Crippen molar-refractivity contribution in [2.75, 3.05) is 27.9 Å². The summed E-state index contributed by atoms with van der Waals surface area (Å²) in [6.07, 6.45) is 0. The van der Waals surface area contributed by atoms with Gasteiger partial charge < -0.3 is 19.0 Å². The lowest BCUT2D eigenvalue weighted by atomic mass is 10.8. The molecule has 0 heterocycles. The quantitative estimate of drug-likeness (QED) is 0.550. The molecule has 0 fully saturated rings. The molecule has 0 spiro atoms. The topological polar surface area (TPSA) is 53.7 Å². The van der Waals surface area contributed by atoms with E-state index in [-0.39, 0.29) is 0 Å². The maximum atomic E-state index is 5.06. The molecule has 0 saturated carbocycles. The normalized spacial score (nSPS) is 9.55. The summed E-state index contributed by atoms with van der Waals surface area (Å²) in [4.78, 5) is 0. The number of hydrogen-bond acceptors (Lipinski definition) is 4. The number of nitrogens with two attached hydrogens (primary N) is 1. The van der Waals surface area contributed by atoms with Crippen LogP contribution in [0.3, 0.4) is 0 Å². The molecule has 4 nitrogen and oxygen atoms in total. The van der Waals surface area contributed by atoms with Gasteiger partial charge in [-0.25, -0.2) is 0 Å². The van der Waals surface area contributed by atoms with E-state index in [1.54, 1.807) is 21.3 Å². The summed E-state index contributed by atoms with van der Waals surface area (Å²) >= 11 is 0. The lowest BCUT2D eigenvalue weighted by molar-refractivity contribution is 0.163. The Morgan fingerprint density at radius 2 is 1.45 bits per heavy atom. The molecule has 0 aliphatic rings. The van der Waals surface area contributed by atoms with E-state index in [1.165, 1.54) is 16.3 Å². The van der Waals surface area contributed by atoms with Crippen molar-refractivity contribution in [3.63, 3.8) is 0 Å². The van der Waals surface area contributed by atoms with Crippen molar-refractivity contribution < 1.29 is 13.3 Å². The van der Waals surface area contributed by atoms with Crippen molar-refractivity contribution in [1.82, 2.24) is 0 Å². The summed E-state index contributed by atoms with van der Waals surface area (Å²) in [5.41, 5.74) is 5.06. The Morgan fingerprint density at radius 1 is 1.18 bits per heavy atom. The second-order valence-corrected chi connectivity index (χ2v) is 4.78. The molecule has 0 rings (SSSR count). The molecular formula is C5H19NO3Si2. The van der Waals surface area contributed by atoms with Crippen LogP contribution in [0.25, 0.3) is 0 Å². The molecule has 0 amide bonds. The Kier molecular flexibility index (Phi) is 16.2.